The smallest absolute Gasteiger partial charge is 0.161 e. The van der Waals surface area contributed by atoms with Crippen molar-refractivity contribution in [1.82, 2.24) is 0 Å². The van der Waals surface area contributed by atoms with Crippen LogP contribution in [0, 0.1) is 5.41 Å². The molecule has 0 heterocycles. The molecule has 0 aliphatic heterocycles. The van der Waals surface area contributed by atoms with Gasteiger partial charge in [-0.15, -0.1) is 0 Å². The predicted octanol–water partition coefficient (Wildman–Crippen LogP) is 1.63. The number of hydrogen-bond acceptors (Lipinski definition) is 3. The van der Waals surface area contributed by atoms with Crippen LogP contribution in [0.5, 0.6) is 11.5 Å². The summed E-state index contributed by atoms with van der Waals surface area (Å²) in [6.07, 6.45) is 0.746. The quantitative estimate of drug-likeness (QED) is 0.746. The Morgan fingerprint density at radius 2 is 1.77 bits per heavy atom. The van der Waals surface area contributed by atoms with E-state index in [0.29, 0.717) is 11.5 Å². The molecule has 0 aromatic heterocycles. The molecule has 1 aromatic carbocycles. The fraction of sp³-hybridized carbons (Fsp3) is 0.300. The van der Waals surface area contributed by atoms with Crippen LogP contribution in [-0.4, -0.2) is 19.9 Å². The van der Waals surface area contributed by atoms with E-state index in [1.807, 2.05) is 12.1 Å². The minimum absolute atomic E-state index is 0.677. The highest BCUT2D eigenvalue weighted by atomic mass is 16.5. The van der Waals surface area contributed by atoms with Crippen molar-refractivity contribution < 1.29 is 9.47 Å². The van der Waals surface area contributed by atoms with Gasteiger partial charge in [0.1, 0.15) is 0 Å². The monoisotopic (exact) mass is 177 g/mol. The van der Waals surface area contributed by atoms with Crippen molar-refractivity contribution in [2.45, 2.75) is 6.42 Å². The highest BCUT2D eigenvalue weighted by Crippen LogP contribution is 2.35. The fourth-order valence-electron chi connectivity index (χ4n) is 1.53. The number of nitrogens with one attached hydrogen (secondary N) is 1. The topological polar surface area (TPSA) is 42.3 Å². The second-order valence-electron chi connectivity index (χ2n) is 3.02. The van der Waals surface area contributed by atoms with Gasteiger partial charge in [-0.1, -0.05) is 0 Å². The maximum absolute atomic E-state index is 7.51. The van der Waals surface area contributed by atoms with Gasteiger partial charge >= 0.3 is 0 Å². The largest absolute Gasteiger partial charge is 0.493 e. The van der Waals surface area contributed by atoms with Crippen molar-refractivity contribution in [3.63, 3.8) is 0 Å². The van der Waals surface area contributed by atoms with Gasteiger partial charge in [0, 0.05) is 17.7 Å². The van der Waals surface area contributed by atoms with Gasteiger partial charge < -0.3 is 14.9 Å². The Morgan fingerprint density at radius 3 is 2.31 bits per heavy atom. The van der Waals surface area contributed by atoms with Crippen LogP contribution in [0.1, 0.15) is 11.1 Å². The summed E-state index contributed by atoms with van der Waals surface area (Å²) >= 11 is 0. The first-order valence-electron chi connectivity index (χ1n) is 4.09. The van der Waals surface area contributed by atoms with E-state index in [2.05, 4.69) is 0 Å². The third-order valence-corrected chi connectivity index (χ3v) is 2.30. The van der Waals surface area contributed by atoms with Gasteiger partial charge in [0.25, 0.3) is 0 Å². The van der Waals surface area contributed by atoms with Crippen LogP contribution in [0.3, 0.4) is 0 Å². The molecule has 3 heteroatoms. The Hall–Kier alpha value is -1.51. The van der Waals surface area contributed by atoms with E-state index < -0.39 is 0 Å². The van der Waals surface area contributed by atoms with Crippen molar-refractivity contribution in [3.8, 4) is 11.5 Å². The lowest BCUT2D eigenvalue weighted by Crippen LogP contribution is -2.18. The van der Waals surface area contributed by atoms with Crippen molar-refractivity contribution in [2.75, 3.05) is 14.2 Å². The standard InChI is InChI=1S/C10H11NO2/c1-12-9-4-6-3-8(11)7(6)5-10(9)13-2/h4-5,11H,3H2,1-2H3. The Bertz CT molecular complexity index is 371. The number of methoxy groups -OCH3 is 2. The molecule has 0 radical (unpaired) electrons. The number of ether oxygens (including phenoxy) is 2. The van der Waals surface area contributed by atoms with Gasteiger partial charge in [0.15, 0.2) is 11.5 Å². The number of fused-ring (bicyclic) bond motifs is 1. The average Bonchev–Trinajstić information content (AvgIpc) is 2.15. The van der Waals surface area contributed by atoms with E-state index in [1.54, 1.807) is 14.2 Å². The van der Waals surface area contributed by atoms with E-state index in [0.717, 1.165) is 17.7 Å². The van der Waals surface area contributed by atoms with Crippen molar-refractivity contribution in [3.05, 3.63) is 23.3 Å². The first-order valence-corrected chi connectivity index (χ1v) is 4.09. The summed E-state index contributed by atoms with van der Waals surface area (Å²) < 4.78 is 10.3. The van der Waals surface area contributed by atoms with Gasteiger partial charge in [0.05, 0.1) is 14.2 Å². The molecule has 3 nitrogen and oxygen atoms in total. The van der Waals surface area contributed by atoms with Gasteiger partial charge in [-0.2, -0.15) is 0 Å². The molecule has 1 N–H and O–H groups in total. The summed E-state index contributed by atoms with van der Waals surface area (Å²) in [6, 6.07) is 3.80. The molecule has 1 aromatic rings. The summed E-state index contributed by atoms with van der Waals surface area (Å²) in [5.74, 6) is 1.44. The number of rotatable bonds is 2. The Morgan fingerprint density at radius 1 is 1.15 bits per heavy atom. The number of benzene rings is 1. The molecule has 0 amide bonds. The first-order chi connectivity index (χ1) is 6.26. The summed E-state index contributed by atoms with van der Waals surface area (Å²) in [6.45, 7) is 0. The highest BCUT2D eigenvalue weighted by Gasteiger charge is 2.22. The predicted molar refractivity (Wildman–Crippen MR) is 50.1 cm³/mol. The van der Waals surface area contributed by atoms with Crippen LogP contribution in [0.2, 0.25) is 0 Å². The molecular weight excluding hydrogens is 166 g/mol. The van der Waals surface area contributed by atoms with E-state index in [1.165, 1.54) is 5.56 Å². The zero-order valence-electron chi connectivity index (χ0n) is 7.68. The van der Waals surface area contributed by atoms with Crippen molar-refractivity contribution >= 4 is 5.71 Å². The minimum atomic E-state index is 0.677. The van der Waals surface area contributed by atoms with Gasteiger partial charge in [-0.05, 0) is 17.7 Å². The fourth-order valence-corrected chi connectivity index (χ4v) is 1.53. The maximum Gasteiger partial charge on any atom is 0.161 e. The highest BCUT2D eigenvalue weighted by molar-refractivity contribution is 6.08. The molecule has 0 saturated heterocycles. The molecule has 1 aliphatic carbocycles. The summed E-state index contributed by atoms with van der Waals surface area (Å²) in [5.41, 5.74) is 2.83. The van der Waals surface area contributed by atoms with Crippen LogP contribution >= 0.6 is 0 Å². The summed E-state index contributed by atoms with van der Waals surface area (Å²) in [7, 11) is 3.22. The van der Waals surface area contributed by atoms with Gasteiger partial charge in [-0.3, -0.25) is 0 Å². The normalized spacial score (nSPS) is 13.2. The minimum Gasteiger partial charge on any atom is -0.493 e. The molecule has 0 unspecified atom stereocenters. The van der Waals surface area contributed by atoms with Crippen LogP contribution in [0.15, 0.2) is 12.1 Å². The van der Waals surface area contributed by atoms with Crippen LogP contribution < -0.4 is 9.47 Å². The molecule has 13 heavy (non-hydrogen) atoms. The lowest BCUT2D eigenvalue weighted by Gasteiger charge is -2.22. The van der Waals surface area contributed by atoms with Gasteiger partial charge in [0.2, 0.25) is 0 Å². The first kappa shape index (κ1) is 8.10. The molecule has 0 spiro atoms. The molecule has 0 atom stereocenters. The van der Waals surface area contributed by atoms with Crippen LogP contribution in [-0.2, 0) is 6.42 Å². The Labute approximate surface area is 76.8 Å². The second-order valence-corrected chi connectivity index (χ2v) is 3.02. The van der Waals surface area contributed by atoms with E-state index in [-0.39, 0.29) is 0 Å². The molecule has 0 bridgehead atoms. The van der Waals surface area contributed by atoms with E-state index in [4.69, 9.17) is 14.9 Å². The van der Waals surface area contributed by atoms with E-state index in [9.17, 15) is 0 Å². The average molecular weight is 177 g/mol. The molecule has 2 rings (SSSR count). The molecule has 1 aliphatic rings. The lowest BCUT2D eigenvalue weighted by molar-refractivity contribution is 0.354. The second kappa shape index (κ2) is 2.76. The SMILES string of the molecule is COc1cc2c(cc1OC)C(=N)C2. The molecular formula is C10H11NO2. The van der Waals surface area contributed by atoms with Crippen LogP contribution in [0.4, 0.5) is 0 Å². The van der Waals surface area contributed by atoms with Gasteiger partial charge in [-0.25, -0.2) is 0 Å². The summed E-state index contributed by atoms with van der Waals surface area (Å²) in [4.78, 5) is 0. The molecule has 0 saturated carbocycles. The van der Waals surface area contributed by atoms with Crippen molar-refractivity contribution in [2.24, 2.45) is 0 Å². The summed E-state index contributed by atoms with van der Waals surface area (Å²) in [5, 5.41) is 7.51. The van der Waals surface area contributed by atoms with E-state index >= 15 is 0 Å². The van der Waals surface area contributed by atoms with Crippen LogP contribution in [0.25, 0.3) is 0 Å². The molecule has 0 fully saturated rings. The number of hydrogen-bond donors (Lipinski definition) is 1. The van der Waals surface area contributed by atoms with Crippen molar-refractivity contribution in [1.29, 1.82) is 5.41 Å². The Balaban J connectivity index is 2.51. The zero-order chi connectivity index (χ0) is 9.42. The maximum atomic E-state index is 7.51. The lowest BCUT2D eigenvalue weighted by atomic mass is 9.86. The molecule has 68 valence electrons. The third-order valence-electron chi connectivity index (χ3n) is 2.30. The Kier molecular flexibility index (Phi) is 1.72. The third kappa shape index (κ3) is 1.08. The zero-order valence-corrected chi connectivity index (χ0v) is 7.68.